The second-order valence-electron chi connectivity index (χ2n) is 8.21. The number of benzene rings is 4. The van der Waals surface area contributed by atoms with Gasteiger partial charge < -0.3 is 15.4 Å². The Balaban J connectivity index is 1.22. The summed E-state index contributed by atoms with van der Waals surface area (Å²) in [6.45, 7) is 0. The topological polar surface area (TPSA) is 87.7 Å². The van der Waals surface area contributed by atoms with Gasteiger partial charge in [-0.05, 0) is 84.9 Å². The highest BCUT2D eigenvalue weighted by Crippen LogP contribution is 2.31. The van der Waals surface area contributed by atoms with Gasteiger partial charge in [0.1, 0.15) is 22.2 Å². The highest BCUT2D eigenvalue weighted by atomic mass is 35.5. The molecule has 3 amide bonds. The minimum absolute atomic E-state index is 0.0540. The van der Waals surface area contributed by atoms with Crippen LogP contribution in [-0.4, -0.2) is 17.7 Å². The van der Waals surface area contributed by atoms with E-state index in [1.54, 1.807) is 72.8 Å². The normalized spacial score (nSPS) is 13.1. The Hall–Kier alpha value is -4.59. The van der Waals surface area contributed by atoms with E-state index in [1.807, 2.05) is 30.3 Å². The van der Waals surface area contributed by atoms with Gasteiger partial charge in [0.05, 0.1) is 5.69 Å². The molecule has 0 saturated heterocycles. The lowest BCUT2D eigenvalue weighted by Gasteiger charge is -2.15. The maximum absolute atomic E-state index is 12.9. The predicted octanol–water partition coefficient (Wildman–Crippen LogP) is 6.82. The van der Waals surface area contributed by atoms with Crippen LogP contribution in [0.25, 0.3) is 0 Å². The molecule has 4 aromatic carbocycles. The summed E-state index contributed by atoms with van der Waals surface area (Å²) in [6, 6.07) is 29.1. The van der Waals surface area contributed by atoms with Crippen molar-refractivity contribution in [2.75, 3.05) is 15.5 Å². The van der Waals surface area contributed by atoms with Crippen LogP contribution in [0.3, 0.4) is 0 Å². The number of ether oxygens (including phenoxy) is 1. The first-order valence-corrected chi connectivity index (χ1v) is 12.2. The molecule has 0 radical (unpaired) electrons. The lowest BCUT2D eigenvalue weighted by Crippen LogP contribution is -2.32. The van der Waals surface area contributed by atoms with Crippen molar-refractivity contribution in [1.82, 2.24) is 0 Å². The van der Waals surface area contributed by atoms with Gasteiger partial charge >= 0.3 is 0 Å². The van der Waals surface area contributed by atoms with Crippen molar-refractivity contribution < 1.29 is 19.1 Å². The molecule has 1 heterocycles. The van der Waals surface area contributed by atoms with Crippen LogP contribution in [0.2, 0.25) is 5.02 Å². The lowest BCUT2D eigenvalue weighted by atomic mass is 10.2. The molecule has 0 bridgehead atoms. The molecule has 5 rings (SSSR count). The number of anilines is 3. The Kier molecular flexibility index (Phi) is 7.13. The van der Waals surface area contributed by atoms with Crippen molar-refractivity contribution in [3.8, 4) is 11.5 Å². The number of hydrogen-bond donors (Lipinski definition) is 2. The molecule has 4 aromatic rings. The SMILES string of the molecule is O=C(Nc1ccc(Oc2ccccc2)cc1)c1ccc(NC2=C(Cl)C(=O)N(c3ccc(Cl)cc3)C2=O)cc1. The van der Waals surface area contributed by atoms with Crippen LogP contribution in [0.15, 0.2) is 114 Å². The highest BCUT2D eigenvalue weighted by Gasteiger charge is 2.38. The third kappa shape index (κ3) is 5.39. The molecule has 38 heavy (non-hydrogen) atoms. The van der Waals surface area contributed by atoms with Crippen molar-refractivity contribution in [3.05, 3.63) is 124 Å². The van der Waals surface area contributed by atoms with Gasteiger partial charge in [-0.3, -0.25) is 14.4 Å². The first-order valence-electron chi connectivity index (χ1n) is 11.4. The van der Waals surface area contributed by atoms with E-state index in [0.717, 1.165) is 10.6 Å². The molecular weight excluding hydrogens is 525 g/mol. The molecule has 0 spiro atoms. The Morgan fingerprint density at radius 1 is 0.684 bits per heavy atom. The average Bonchev–Trinajstić information content (AvgIpc) is 3.14. The summed E-state index contributed by atoms with van der Waals surface area (Å²) in [4.78, 5) is 39.2. The third-order valence-electron chi connectivity index (χ3n) is 5.62. The van der Waals surface area contributed by atoms with Crippen molar-refractivity contribution in [1.29, 1.82) is 0 Å². The maximum Gasteiger partial charge on any atom is 0.283 e. The second-order valence-corrected chi connectivity index (χ2v) is 9.02. The zero-order valence-electron chi connectivity index (χ0n) is 19.7. The van der Waals surface area contributed by atoms with E-state index in [9.17, 15) is 14.4 Å². The molecule has 0 atom stereocenters. The fourth-order valence-electron chi connectivity index (χ4n) is 3.72. The van der Waals surface area contributed by atoms with Crippen LogP contribution in [0.1, 0.15) is 10.4 Å². The summed E-state index contributed by atoms with van der Waals surface area (Å²) in [6.07, 6.45) is 0. The van der Waals surface area contributed by atoms with Crippen LogP contribution in [0, 0.1) is 0 Å². The van der Waals surface area contributed by atoms with Crippen LogP contribution in [-0.2, 0) is 9.59 Å². The minimum atomic E-state index is -0.641. The van der Waals surface area contributed by atoms with Gasteiger partial charge in [-0.1, -0.05) is 41.4 Å². The smallest absolute Gasteiger partial charge is 0.283 e. The minimum Gasteiger partial charge on any atom is -0.457 e. The number of nitrogens with one attached hydrogen (secondary N) is 2. The molecule has 2 N–H and O–H groups in total. The van der Waals surface area contributed by atoms with E-state index in [2.05, 4.69) is 10.6 Å². The zero-order chi connectivity index (χ0) is 26.6. The van der Waals surface area contributed by atoms with Crippen molar-refractivity contribution in [3.63, 3.8) is 0 Å². The van der Waals surface area contributed by atoms with Gasteiger partial charge in [0.2, 0.25) is 0 Å². The van der Waals surface area contributed by atoms with Crippen molar-refractivity contribution >= 4 is 58.0 Å². The quantitative estimate of drug-likeness (QED) is 0.249. The number of halogens is 2. The number of para-hydroxylation sites is 1. The van der Waals surface area contributed by atoms with Gasteiger partial charge in [-0.2, -0.15) is 0 Å². The number of rotatable bonds is 7. The van der Waals surface area contributed by atoms with Crippen molar-refractivity contribution in [2.24, 2.45) is 0 Å². The largest absolute Gasteiger partial charge is 0.457 e. The fraction of sp³-hybridized carbons (Fsp3) is 0. The molecule has 188 valence electrons. The summed E-state index contributed by atoms with van der Waals surface area (Å²) in [7, 11) is 0. The van der Waals surface area contributed by atoms with E-state index in [1.165, 1.54) is 0 Å². The van der Waals surface area contributed by atoms with Crippen molar-refractivity contribution in [2.45, 2.75) is 0 Å². The van der Waals surface area contributed by atoms with Gasteiger partial charge in [0.15, 0.2) is 0 Å². The summed E-state index contributed by atoms with van der Waals surface area (Å²) in [5, 5.41) is 5.96. The molecule has 1 aliphatic rings. The summed E-state index contributed by atoms with van der Waals surface area (Å²) >= 11 is 12.1. The molecular formula is C29H19Cl2N3O4. The highest BCUT2D eigenvalue weighted by molar-refractivity contribution is 6.53. The summed E-state index contributed by atoms with van der Waals surface area (Å²) < 4.78 is 5.76. The number of imide groups is 1. The molecule has 9 heteroatoms. The number of nitrogens with zero attached hydrogens (tertiary/aromatic N) is 1. The number of amides is 3. The monoisotopic (exact) mass is 543 g/mol. The van der Waals surface area contributed by atoms with Crippen LogP contribution < -0.4 is 20.3 Å². The third-order valence-corrected chi connectivity index (χ3v) is 6.22. The second kappa shape index (κ2) is 10.8. The number of carbonyl (C=O) groups excluding carboxylic acids is 3. The van der Waals surface area contributed by atoms with E-state index in [0.29, 0.717) is 33.4 Å². The molecule has 0 aliphatic carbocycles. The Morgan fingerprint density at radius 2 is 1.29 bits per heavy atom. The first-order chi connectivity index (χ1) is 18.4. The molecule has 0 aromatic heterocycles. The first kappa shape index (κ1) is 25.1. The van der Waals surface area contributed by atoms with E-state index < -0.39 is 11.8 Å². The lowest BCUT2D eigenvalue weighted by molar-refractivity contribution is -0.120. The summed E-state index contributed by atoms with van der Waals surface area (Å²) in [5.41, 5.74) is 1.78. The van der Waals surface area contributed by atoms with Crippen LogP contribution >= 0.6 is 23.2 Å². The van der Waals surface area contributed by atoms with Crippen LogP contribution in [0.4, 0.5) is 17.1 Å². The van der Waals surface area contributed by atoms with Gasteiger partial charge in [-0.25, -0.2) is 4.90 Å². The van der Waals surface area contributed by atoms with E-state index >= 15 is 0 Å². The molecule has 0 saturated carbocycles. The Labute approximate surface area is 228 Å². The van der Waals surface area contributed by atoms with Crippen LogP contribution in [0.5, 0.6) is 11.5 Å². The number of hydrogen-bond acceptors (Lipinski definition) is 5. The molecule has 1 aliphatic heterocycles. The molecule has 0 fully saturated rings. The Bertz CT molecular complexity index is 1540. The molecule has 7 nitrogen and oxygen atoms in total. The number of carbonyl (C=O) groups is 3. The van der Waals surface area contributed by atoms with Gasteiger partial charge in [0.25, 0.3) is 17.7 Å². The van der Waals surface area contributed by atoms with Gasteiger partial charge in [-0.15, -0.1) is 0 Å². The zero-order valence-corrected chi connectivity index (χ0v) is 21.2. The van der Waals surface area contributed by atoms with E-state index in [4.69, 9.17) is 27.9 Å². The van der Waals surface area contributed by atoms with E-state index in [-0.39, 0.29) is 16.6 Å². The summed E-state index contributed by atoms with van der Waals surface area (Å²) in [5.74, 6) is -0.184. The standard InChI is InChI=1S/C29H19Cl2N3O4/c30-19-8-14-22(15-9-19)34-28(36)25(31)26(29(34)37)32-20-10-6-18(7-11-20)27(35)33-21-12-16-24(17-13-21)38-23-4-2-1-3-5-23/h1-17,32H,(H,33,35). The molecule has 0 unspecified atom stereocenters. The fourth-order valence-corrected chi connectivity index (χ4v) is 4.06. The maximum atomic E-state index is 12.9. The average molecular weight is 544 g/mol. The predicted molar refractivity (Wildman–Crippen MR) is 148 cm³/mol. The van der Waals surface area contributed by atoms with Gasteiger partial charge in [0, 0.05) is 22.0 Å². The Morgan fingerprint density at radius 3 is 1.95 bits per heavy atom.